The Morgan fingerprint density at radius 3 is 2.33 bits per heavy atom. The van der Waals surface area contributed by atoms with Gasteiger partial charge in [-0.3, -0.25) is 0 Å². The zero-order valence-corrected chi connectivity index (χ0v) is 15.5. The van der Waals surface area contributed by atoms with Crippen LogP contribution in [-0.4, -0.2) is 20.5 Å². The molecule has 0 aromatic heterocycles. The summed E-state index contributed by atoms with van der Waals surface area (Å²) in [5.74, 6) is -0.00515. The molecule has 3 rings (SSSR count). The van der Waals surface area contributed by atoms with E-state index in [-0.39, 0.29) is 23.5 Å². The van der Waals surface area contributed by atoms with E-state index in [1.807, 2.05) is 24.3 Å². The van der Waals surface area contributed by atoms with Crippen LogP contribution in [0.4, 0.5) is 13.2 Å². The highest BCUT2D eigenvalue weighted by Gasteiger charge is 2.34. The van der Waals surface area contributed by atoms with Crippen LogP contribution in [0.25, 0.3) is 11.1 Å². The summed E-state index contributed by atoms with van der Waals surface area (Å²) >= 11 is 0. The number of hydrogen-bond acceptors (Lipinski definition) is 3. The summed E-state index contributed by atoms with van der Waals surface area (Å²) in [7, 11) is -3.35. The van der Waals surface area contributed by atoms with Gasteiger partial charge in [0.2, 0.25) is 10.0 Å². The maximum absolute atomic E-state index is 12.3. The van der Waals surface area contributed by atoms with Gasteiger partial charge in [-0.1, -0.05) is 30.3 Å². The van der Waals surface area contributed by atoms with Crippen molar-refractivity contribution < 1.29 is 26.3 Å². The fourth-order valence-corrected chi connectivity index (χ4v) is 3.79. The lowest BCUT2D eigenvalue weighted by Gasteiger charge is -2.19. The van der Waals surface area contributed by atoms with E-state index < -0.39 is 16.4 Å². The topological polar surface area (TPSA) is 55.4 Å². The lowest BCUT2D eigenvalue weighted by Crippen LogP contribution is -2.31. The molecule has 4 nitrogen and oxygen atoms in total. The molecule has 146 valence electrons. The Morgan fingerprint density at radius 2 is 1.78 bits per heavy atom. The summed E-state index contributed by atoms with van der Waals surface area (Å²) in [5.41, 5.74) is 2.37. The molecule has 2 aromatic rings. The van der Waals surface area contributed by atoms with Gasteiger partial charge in [-0.05, 0) is 60.6 Å². The Kier molecular flexibility index (Phi) is 5.48. The van der Waals surface area contributed by atoms with Crippen LogP contribution in [0.3, 0.4) is 0 Å². The first-order chi connectivity index (χ1) is 12.7. The number of hydrogen-bond donors (Lipinski definition) is 1. The smallest absolute Gasteiger partial charge is 0.406 e. The van der Waals surface area contributed by atoms with Gasteiger partial charge in [0.15, 0.2) is 0 Å². The lowest BCUT2D eigenvalue weighted by atomic mass is 9.97. The Balaban J connectivity index is 1.84. The van der Waals surface area contributed by atoms with E-state index in [2.05, 4.69) is 9.46 Å². The van der Waals surface area contributed by atoms with Crippen LogP contribution in [0.5, 0.6) is 5.75 Å². The van der Waals surface area contributed by atoms with E-state index in [4.69, 9.17) is 0 Å². The Morgan fingerprint density at radius 1 is 1.11 bits per heavy atom. The fraction of sp³-hybridized carbons (Fsp3) is 0.368. The van der Waals surface area contributed by atoms with Crippen molar-refractivity contribution in [2.45, 2.75) is 32.2 Å². The van der Waals surface area contributed by atoms with Crippen molar-refractivity contribution in [2.75, 3.05) is 5.75 Å². The van der Waals surface area contributed by atoms with E-state index in [9.17, 15) is 21.6 Å². The first kappa shape index (κ1) is 19.7. The minimum Gasteiger partial charge on any atom is -0.406 e. The summed E-state index contributed by atoms with van der Waals surface area (Å²) in [6.45, 7) is 1.59. The lowest BCUT2D eigenvalue weighted by molar-refractivity contribution is -0.274. The molecule has 0 amide bonds. The molecular weight excluding hydrogens is 379 g/mol. The second kappa shape index (κ2) is 7.52. The molecule has 0 radical (unpaired) electrons. The molecule has 1 atom stereocenters. The Labute approximate surface area is 156 Å². The van der Waals surface area contributed by atoms with Gasteiger partial charge < -0.3 is 4.74 Å². The van der Waals surface area contributed by atoms with Gasteiger partial charge in [0.05, 0.1) is 5.75 Å². The van der Waals surface area contributed by atoms with Crippen molar-refractivity contribution in [2.24, 2.45) is 5.92 Å². The monoisotopic (exact) mass is 399 g/mol. The normalized spacial score (nSPS) is 16.1. The molecule has 27 heavy (non-hydrogen) atoms. The molecule has 0 spiro atoms. The predicted octanol–water partition coefficient (Wildman–Crippen LogP) is 4.64. The molecule has 8 heteroatoms. The standard InChI is InChI=1S/C19H20F3NO3S/c1-2-27(24,25)23-18(14-6-7-14)16-5-3-4-15(12-16)13-8-10-17(11-9-13)26-19(20,21)22/h3-5,8-12,14,18,23H,2,6-7H2,1H3. The van der Waals surface area contributed by atoms with Crippen molar-refractivity contribution in [1.29, 1.82) is 0 Å². The molecule has 2 aromatic carbocycles. The number of nitrogens with one attached hydrogen (secondary N) is 1. The molecule has 1 saturated carbocycles. The molecule has 0 saturated heterocycles. The van der Waals surface area contributed by atoms with Crippen LogP contribution in [0.2, 0.25) is 0 Å². The van der Waals surface area contributed by atoms with E-state index in [0.29, 0.717) is 0 Å². The maximum Gasteiger partial charge on any atom is 0.573 e. The zero-order valence-electron chi connectivity index (χ0n) is 14.7. The van der Waals surface area contributed by atoms with Gasteiger partial charge in [0.1, 0.15) is 5.75 Å². The molecule has 0 aliphatic heterocycles. The minimum atomic E-state index is -4.73. The van der Waals surface area contributed by atoms with Gasteiger partial charge in [-0.2, -0.15) is 0 Å². The molecule has 1 aliphatic carbocycles. The van der Waals surface area contributed by atoms with E-state index >= 15 is 0 Å². The minimum absolute atomic E-state index is 0.0105. The average molecular weight is 399 g/mol. The largest absolute Gasteiger partial charge is 0.573 e. The molecule has 1 fully saturated rings. The summed E-state index contributed by atoms with van der Waals surface area (Å²) < 4.78 is 67.5. The second-order valence-electron chi connectivity index (χ2n) is 6.53. The van der Waals surface area contributed by atoms with Crippen molar-refractivity contribution in [3.8, 4) is 16.9 Å². The molecule has 0 bridgehead atoms. The molecular formula is C19H20F3NO3S. The molecule has 1 N–H and O–H groups in total. The van der Waals surface area contributed by atoms with Crippen molar-refractivity contribution in [1.82, 2.24) is 4.72 Å². The van der Waals surface area contributed by atoms with Crippen LogP contribution < -0.4 is 9.46 Å². The maximum atomic E-state index is 12.3. The Hall–Kier alpha value is -2.06. The van der Waals surface area contributed by atoms with E-state index in [1.54, 1.807) is 19.1 Å². The quantitative estimate of drug-likeness (QED) is 0.738. The van der Waals surface area contributed by atoms with Crippen LogP contribution >= 0.6 is 0 Å². The van der Waals surface area contributed by atoms with Gasteiger partial charge in [-0.15, -0.1) is 13.2 Å². The van der Waals surface area contributed by atoms with Crippen molar-refractivity contribution in [3.63, 3.8) is 0 Å². The highest BCUT2D eigenvalue weighted by atomic mass is 32.2. The summed E-state index contributed by atoms with van der Waals surface area (Å²) in [6, 6.07) is 12.7. The summed E-state index contributed by atoms with van der Waals surface area (Å²) in [4.78, 5) is 0. The first-order valence-electron chi connectivity index (χ1n) is 8.63. The summed E-state index contributed by atoms with van der Waals surface area (Å²) in [5, 5.41) is 0. The third-order valence-corrected chi connectivity index (χ3v) is 5.82. The number of sulfonamides is 1. The van der Waals surface area contributed by atoms with E-state index in [0.717, 1.165) is 29.5 Å². The van der Waals surface area contributed by atoms with Gasteiger partial charge in [0, 0.05) is 6.04 Å². The number of halogens is 3. The van der Waals surface area contributed by atoms with Crippen LogP contribution in [0, 0.1) is 5.92 Å². The highest BCUT2D eigenvalue weighted by Crippen LogP contribution is 2.42. The predicted molar refractivity (Wildman–Crippen MR) is 96.6 cm³/mol. The third-order valence-electron chi connectivity index (χ3n) is 4.45. The Bertz CT molecular complexity index is 891. The van der Waals surface area contributed by atoms with Crippen LogP contribution in [-0.2, 0) is 10.0 Å². The van der Waals surface area contributed by atoms with Gasteiger partial charge in [-0.25, -0.2) is 13.1 Å². The first-order valence-corrected chi connectivity index (χ1v) is 10.3. The SMILES string of the molecule is CCS(=O)(=O)NC(c1cccc(-c2ccc(OC(F)(F)F)cc2)c1)C1CC1. The number of alkyl halides is 3. The van der Waals surface area contributed by atoms with Crippen LogP contribution in [0.15, 0.2) is 48.5 Å². The molecule has 1 unspecified atom stereocenters. The highest BCUT2D eigenvalue weighted by molar-refractivity contribution is 7.89. The average Bonchev–Trinajstić information content (AvgIpc) is 3.44. The zero-order chi connectivity index (χ0) is 19.7. The van der Waals surface area contributed by atoms with E-state index in [1.165, 1.54) is 12.1 Å². The van der Waals surface area contributed by atoms with Crippen molar-refractivity contribution >= 4 is 10.0 Å². The van der Waals surface area contributed by atoms with Crippen LogP contribution in [0.1, 0.15) is 31.4 Å². The number of rotatable bonds is 7. The number of ether oxygens (including phenoxy) is 1. The molecule has 1 aliphatic rings. The second-order valence-corrected chi connectivity index (χ2v) is 8.58. The van der Waals surface area contributed by atoms with Gasteiger partial charge >= 0.3 is 6.36 Å². The van der Waals surface area contributed by atoms with Crippen molar-refractivity contribution in [3.05, 3.63) is 54.1 Å². The van der Waals surface area contributed by atoms with Gasteiger partial charge in [0.25, 0.3) is 0 Å². The third kappa shape index (κ3) is 5.46. The fourth-order valence-electron chi connectivity index (χ4n) is 2.90. The summed E-state index contributed by atoms with van der Waals surface area (Å²) in [6.07, 6.45) is -2.80. The number of benzene rings is 2. The molecule has 0 heterocycles.